The molecule has 0 heterocycles. The van der Waals surface area contributed by atoms with Crippen molar-refractivity contribution >= 4 is 28.8 Å². The number of hydrogen-bond acceptors (Lipinski definition) is 2. The molecule has 172 valence electrons. The molecule has 2 heteroatoms. The third-order valence-corrected chi connectivity index (χ3v) is 7.29. The zero-order chi connectivity index (χ0) is 23.9. The second-order valence-electron chi connectivity index (χ2n) is 9.70. The zero-order valence-corrected chi connectivity index (χ0v) is 20.4. The number of allylic oxidation sites excluding steroid dienone is 1. The lowest BCUT2D eigenvalue weighted by atomic mass is 10.0. The summed E-state index contributed by atoms with van der Waals surface area (Å²) >= 11 is 0. The minimum Gasteiger partial charge on any atom is -0.347 e. The molecule has 6 rings (SSSR count). The molecule has 4 aromatic rings. The predicted molar refractivity (Wildman–Crippen MR) is 149 cm³/mol. The van der Waals surface area contributed by atoms with E-state index in [1.807, 2.05) is 0 Å². The highest BCUT2D eigenvalue weighted by Crippen LogP contribution is 2.48. The summed E-state index contributed by atoms with van der Waals surface area (Å²) in [5, 5.41) is 2.75. The van der Waals surface area contributed by atoms with Crippen LogP contribution in [0.15, 0.2) is 115 Å². The van der Waals surface area contributed by atoms with Gasteiger partial charge < -0.3 is 9.80 Å². The van der Waals surface area contributed by atoms with Crippen LogP contribution in [0.4, 0.5) is 17.1 Å². The molecule has 0 aromatic heterocycles. The summed E-state index contributed by atoms with van der Waals surface area (Å²) in [5.41, 5.74) is 8.34. The predicted octanol–water partition coefficient (Wildman–Crippen LogP) is 6.70. The van der Waals surface area contributed by atoms with Crippen LogP contribution >= 0.6 is 0 Å². The Labute approximate surface area is 207 Å². The first-order chi connectivity index (χ1) is 17.1. The smallest absolute Gasteiger partial charge is 0.0459 e. The first-order valence-corrected chi connectivity index (χ1v) is 12.4. The molecule has 0 aliphatic heterocycles. The van der Waals surface area contributed by atoms with Crippen molar-refractivity contribution in [3.05, 3.63) is 126 Å². The van der Waals surface area contributed by atoms with Gasteiger partial charge in [-0.05, 0) is 72.0 Å². The maximum atomic E-state index is 4.27. The van der Waals surface area contributed by atoms with E-state index in [9.17, 15) is 0 Å². The Balaban J connectivity index is 1.30. The lowest BCUT2D eigenvalue weighted by Gasteiger charge is -2.28. The molecule has 2 aliphatic carbocycles. The standard InChI is InChI=1S/C33H30N2/c1-23(2)35(29-15-13-25(14-16-29)24-9-5-4-6-10-24)30-19-17-28(18-20-30)34(3)33-31-12-8-7-11-26(31)21-27-22-32(27)33/h4-21,27,32H,1,22H2,2-3H3. The first kappa shape index (κ1) is 21.5. The van der Waals surface area contributed by atoms with Gasteiger partial charge in [-0.2, -0.15) is 0 Å². The zero-order valence-electron chi connectivity index (χ0n) is 20.4. The van der Waals surface area contributed by atoms with E-state index in [2.05, 4.69) is 140 Å². The third-order valence-electron chi connectivity index (χ3n) is 7.29. The van der Waals surface area contributed by atoms with Gasteiger partial charge in [-0.1, -0.05) is 79.4 Å². The van der Waals surface area contributed by atoms with Gasteiger partial charge >= 0.3 is 0 Å². The van der Waals surface area contributed by atoms with E-state index in [0.29, 0.717) is 11.8 Å². The Bertz CT molecular complexity index is 1500. The van der Waals surface area contributed by atoms with Gasteiger partial charge in [-0.3, -0.25) is 0 Å². The van der Waals surface area contributed by atoms with Crippen LogP contribution in [0.5, 0.6) is 0 Å². The van der Waals surface area contributed by atoms with Gasteiger partial charge in [0, 0.05) is 46.6 Å². The molecule has 2 nitrogen and oxygen atoms in total. The number of nitrogens with zero attached hydrogens (tertiary/aromatic N) is 2. The van der Waals surface area contributed by atoms with E-state index >= 15 is 0 Å². The normalized spacial score (nSPS) is 17.6. The van der Waals surface area contributed by atoms with E-state index in [1.54, 1.807) is 0 Å². The Kier molecular flexibility index (Phi) is 5.30. The summed E-state index contributed by atoms with van der Waals surface area (Å²) in [6.45, 7) is 6.33. The quantitative estimate of drug-likeness (QED) is 0.320. The molecule has 0 spiro atoms. The van der Waals surface area contributed by atoms with Crippen LogP contribution in [0, 0.1) is 11.8 Å². The van der Waals surface area contributed by atoms with Crippen LogP contribution in [0.1, 0.15) is 13.3 Å². The summed E-state index contributed by atoms with van der Waals surface area (Å²) in [6.07, 6.45) is 3.71. The summed E-state index contributed by atoms with van der Waals surface area (Å²) in [6, 6.07) is 36.9. The number of benzene rings is 4. The van der Waals surface area contributed by atoms with E-state index in [-0.39, 0.29) is 0 Å². The van der Waals surface area contributed by atoms with Crippen LogP contribution in [-0.4, -0.2) is 7.05 Å². The fourth-order valence-electron chi connectivity index (χ4n) is 5.44. The van der Waals surface area contributed by atoms with E-state index in [0.717, 1.165) is 17.1 Å². The molecule has 0 bridgehead atoms. The van der Waals surface area contributed by atoms with Crippen LogP contribution in [0.2, 0.25) is 0 Å². The third kappa shape index (κ3) is 3.95. The highest BCUT2D eigenvalue weighted by Gasteiger charge is 2.42. The molecule has 4 aromatic carbocycles. The molecule has 35 heavy (non-hydrogen) atoms. The summed E-state index contributed by atoms with van der Waals surface area (Å²) in [7, 11) is 2.21. The molecule has 2 unspecified atom stereocenters. The van der Waals surface area contributed by atoms with Crippen molar-refractivity contribution in [3.8, 4) is 11.1 Å². The Morgan fingerprint density at radius 2 is 1.29 bits per heavy atom. The van der Waals surface area contributed by atoms with E-state index in [1.165, 1.54) is 39.4 Å². The van der Waals surface area contributed by atoms with Crippen molar-refractivity contribution in [1.82, 2.24) is 0 Å². The SMILES string of the molecule is C=C(C)N(c1ccc(-c2ccccc2)cc1)c1ccc(N(C)C2=c3ccccc3=CC3CC23)cc1. The maximum Gasteiger partial charge on any atom is 0.0459 e. The Morgan fingerprint density at radius 1 is 0.714 bits per heavy atom. The topological polar surface area (TPSA) is 6.48 Å². The fraction of sp³-hybridized carbons (Fsp3) is 0.152. The Hall–Kier alpha value is -4.04. The van der Waals surface area contributed by atoms with Crippen molar-refractivity contribution in [2.24, 2.45) is 11.8 Å². The molecular weight excluding hydrogens is 424 g/mol. The number of rotatable bonds is 6. The van der Waals surface area contributed by atoms with Gasteiger partial charge in [0.15, 0.2) is 0 Å². The summed E-state index contributed by atoms with van der Waals surface area (Å²) < 4.78 is 0. The number of hydrogen-bond donors (Lipinski definition) is 0. The molecule has 0 saturated heterocycles. The van der Waals surface area contributed by atoms with Crippen LogP contribution in [0.3, 0.4) is 0 Å². The van der Waals surface area contributed by atoms with Crippen LogP contribution in [-0.2, 0) is 0 Å². The molecule has 0 N–H and O–H groups in total. The van der Waals surface area contributed by atoms with Gasteiger partial charge in [0.1, 0.15) is 0 Å². The van der Waals surface area contributed by atoms with E-state index in [4.69, 9.17) is 0 Å². The molecule has 0 radical (unpaired) electrons. The average molecular weight is 455 g/mol. The lowest BCUT2D eigenvalue weighted by molar-refractivity contribution is 0.961. The molecule has 1 saturated carbocycles. The Morgan fingerprint density at radius 3 is 1.97 bits per heavy atom. The molecular formula is C33H30N2. The van der Waals surface area contributed by atoms with Crippen LogP contribution in [0.25, 0.3) is 22.9 Å². The van der Waals surface area contributed by atoms with Crippen molar-refractivity contribution in [1.29, 1.82) is 0 Å². The van der Waals surface area contributed by atoms with Gasteiger partial charge in [-0.25, -0.2) is 0 Å². The fourth-order valence-corrected chi connectivity index (χ4v) is 5.44. The first-order valence-electron chi connectivity index (χ1n) is 12.4. The van der Waals surface area contributed by atoms with Gasteiger partial charge in [0.05, 0.1) is 0 Å². The van der Waals surface area contributed by atoms with Gasteiger partial charge in [0.2, 0.25) is 0 Å². The maximum absolute atomic E-state index is 4.27. The van der Waals surface area contributed by atoms with Crippen molar-refractivity contribution in [2.45, 2.75) is 13.3 Å². The molecule has 2 aliphatic rings. The molecule has 0 amide bonds. The second kappa shape index (κ2) is 8.63. The van der Waals surface area contributed by atoms with Crippen molar-refractivity contribution in [2.75, 3.05) is 16.8 Å². The lowest BCUT2D eigenvalue weighted by Crippen LogP contribution is -2.36. The van der Waals surface area contributed by atoms with Crippen molar-refractivity contribution < 1.29 is 0 Å². The average Bonchev–Trinajstić information content (AvgIpc) is 3.67. The van der Waals surface area contributed by atoms with Crippen molar-refractivity contribution in [3.63, 3.8) is 0 Å². The minimum atomic E-state index is 0.643. The summed E-state index contributed by atoms with van der Waals surface area (Å²) in [5.74, 6) is 1.34. The van der Waals surface area contributed by atoms with Gasteiger partial charge in [0.25, 0.3) is 0 Å². The molecule has 1 fully saturated rings. The van der Waals surface area contributed by atoms with E-state index < -0.39 is 0 Å². The van der Waals surface area contributed by atoms with Gasteiger partial charge in [-0.15, -0.1) is 0 Å². The minimum absolute atomic E-state index is 0.643. The monoisotopic (exact) mass is 454 g/mol. The number of anilines is 3. The summed E-state index contributed by atoms with van der Waals surface area (Å²) in [4.78, 5) is 4.60. The molecule has 2 atom stereocenters. The highest BCUT2D eigenvalue weighted by molar-refractivity contribution is 5.77. The number of fused-ring (bicyclic) bond motifs is 2. The highest BCUT2D eigenvalue weighted by atomic mass is 15.1. The largest absolute Gasteiger partial charge is 0.347 e. The second-order valence-corrected chi connectivity index (χ2v) is 9.70. The van der Waals surface area contributed by atoms with Crippen LogP contribution < -0.4 is 20.2 Å².